The van der Waals surface area contributed by atoms with Crippen LogP contribution in [-0.4, -0.2) is 11.6 Å². The van der Waals surface area contributed by atoms with Crippen molar-refractivity contribution < 1.29 is 4.74 Å². The first-order valence-corrected chi connectivity index (χ1v) is 6.59. The predicted octanol–water partition coefficient (Wildman–Crippen LogP) is 3.06. The Balaban J connectivity index is 2.11. The molecule has 0 atom stereocenters. The lowest BCUT2D eigenvalue weighted by Gasteiger charge is -2.04. The van der Waals surface area contributed by atoms with Crippen molar-refractivity contribution in [2.24, 2.45) is 5.73 Å². The van der Waals surface area contributed by atoms with Gasteiger partial charge in [-0.05, 0) is 30.7 Å². The summed E-state index contributed by atoms with van der Waals surface area (Å²) in [5.41, 5.74) is 7.60. The van der Waals surface area contributed by atoms with Crippen LogP contribution in [0.5, 0.6) is 5.75 Å². The summed E-state index contributed by atoms with van der Waals surface area (Å²) in [6.07, 6.45) is 1.02. The zero-order valence-electron chi connectivity index (χ0n) is 9.85. The third-order valence-electron chi connectivity index (χ3n) is 2.34. The number of ether oxygens (including phenoxy) is 1. The van der Waals surface area contributed by atoms with Crippen LogP contribution in [0.4, 0.5) is 0 Å². The summed E-state index contributed by atoms with van der Waals surface area (Å²) in [6, 6.07) is 8.03. The van der Waals surface area contributed by atoms with E-state index in [4.69, 9.17) is 10.5 Å². The molecule has 2 rings (SSSR count). The number of hydrogen-bond acceptors (Lipinski definition) is 4. The Kier molecular flexibility index (Phi) is 4.12. The van der Waals surface area contributed by atoms with Crippen molar-refractivity contribution in [2.45, 2.75) is 19.9 Å². The molecule has 17 heavy (non-hydrogen) atoms. The van der Waals surface area contributed by atoms with Crippen LogP contribution >= 0.6 is 11.3 Å². The van der Waals surface area contributed by atoms with Gasteiger partial charge in [0.1, 0.15) is 10.8 Å². The monoisotopic (exact) mass is 248 g/mol. The maximum absolute atomic E-state index is 5.54. The molecule has 0 amide bonds. The minimum atomic E-state index is 0.494. The first-order chi connectivity index (χ1) is 8.33. The van der Waals surface area contributed by atoms with E-state index in [0.717, 1.165) is 35.0 Å². The Labute approximate surface area is 105 Å². The standard InChI is InChI=1S/C13H16N2OS/c1-2-7-16-12-5-3-10(4-6-12)13-15-11(8-14)9-17-13/h3-6,9H,2,7-8,14H2,1H3. The molecule has 3 nitrogen and oxygen atoms in total. The fourth-order valence-electron chi connectivity index (χ4n) is 1.45. The highest BCUT2D eigenvalue weighted by atomic mass is 32.1. The highest BCUT2D eigenvalue weighted by Crippen LogP contribution is 2.25. The van der Waals surface area contributed by atoms with Gasteiger partial charge in [-0.15, -0.1) is 11.3 Å². The average molecular weight is 248 g/mol. The van der Waals surface area contributed by atoms with E-state index in [1.165, 1.54) is 0 Å². The lowest BCUT2D eigenvalue weighted by molar-refractivity contribution is 0.317. The zero-order chi connectivity index (χ0) is 12.1. The van der Waals surface area contributed by atoms with Crippen molar-refractivity contribution in [1.82, 2.24) is 4.98 Å². The van der Waals surface area contributed by atoms with Crippen molar-refractivity contribution in [3.8, 4) is 16.3 Å². The SMILES string of the molecule is CCCOc1ccc(-c2nc(CN)cs2)cc1. The molecule has 1 heterocycles. The van der Waals surface area contributed by atoms with E-state index in [1.807, 2.05) is 29.6 Å². The normalized spacial score (nSPS) is 10.5. The van der Waals surface area contributed by atoms with Crippen LogP contribution in [0.3, 0.4) is 0 Å². The van der Waals surface area contributed by atoms with E-state index in [9.17, 15) is 0 Å². The summed E-state index contributed by atoms with van der Waals surface area (Å²) < 4.78 is 5.54. The van der Waals surface area contributed by atoms with Gasteiger partial charge in [-0.3, -0.25) is 0 Å². The van der Waals surface area contributed by atoms with Gasteiger partial charge in [0.15, 0.2) is 0 Å². The second-order valence-electron chi connectivity index (χ2n) is 3.72. The quantitative estimate of drug-likeness (QED) is 0.884. The van der Waals surface area contributed by atoms with E-state index in [2.05, 4.69) is 11.9 Å². The van der Waals surface area contributed by atoms with Crippen molar-refractivity contribution in [3.63, 3.8) is 0 Å². The maximum Gasteiger partial charge on any atom is 0.123 e. The number of rotatable bonds is 5. The molecule has 0 unspecified atom stereocenters. The van der Waals surface area contributed by atoms with Crippen LogP contribution < -0.4 is 10.5 Å². The Morgan fingerprint density at radius 3 is 2.65 bits per heavy atom. The third kappa shape index (κ3) is 3.05. The molecule has 0 bridgehead atoms. The molecule has 2 aromatic rings. The van der Waals surface area contributed by atoms with Gasteiger partial charge in [-0.1, -0.05) is 6.92 Å². The molecule has 0 spiro atoms. The topological polar surface area (TPSA) is 48.1 Å². The van der Waals surface area contributed by atoms with Crippen molar-refractivity contribution >= 4 is 11.3 Å². The molecule has 0 radical (unpaired) electrons. The van der Waals surface area contributed by atoms with Crippen LogP contribution in [0.15, 0.2) is 29.6 Å². The molecule has 0 aliphatic carbocycles. The van der Waals surface area contributed by atoms with E-state index in [-0.39, 0.29) is 0 Å². The molecule has 0 saturated heterocycles. The third-order valence-corrected chi connectivity index (χ3v) is 3.28. The summed E-state index contributed by atoms with van der Waals surface area (Å²) in [5.74, 6) is 0.909. The molecule has 4 heteroatoms. The summed E-state index contributed by atoms with van der Waals surface area (Å²) >= 11 is 1.62. The maximum atomic E-state index is 5.54. The van der Waals surface area contributed by atoms with Crippen LogP contribution in [0.25, 0.3) is 10.6 Å². The zero-order valence-corrected chi connectivity index (χ0v) is 10.7. The highest BCUT2D eigenvalue weighted by molar-refractivity contribution is 7.13. The van der Waals surface area contributed by atoms with E-state index >= 15 is 0 Å². The number of nitrogens with two attached hydrogens (primary N) is 1. The van der Waals surface area contributed by atoms with E-state index in [0.29, 0.717) is 6.54 Å². The van der Waals surface area contributed by atoms with Crippen molar-refractivity contribution in [1.29, 1.82) is 0 Å². The molecule has 1 aromatic heterocycles. The number of aromatic nitrogens is 1. The van der Waals surface area contributed by atoms with Gasteiger partial charge < -0.3 is 10.5 Å². The number of thiazole rings is 1. The van der Waals surface area contributed by atoms with E-state index < -0.39 is 0 Å². The number of nitrogens with zero attached hydrogens (tertiary/aromatic N) is 1. The molecule has 1 aromatic carbocycles. The first kappa shape index (κ1) is 12.1. The Hall–Kier alpha value is -1.39. The summed E-state index contributed by atoms with van der Waals surface area (Å²) in [7, 11) is 0. The lowest BCUT2D eigenvalue weighted by atomic mass is 10.2. The summed E-state index contributed by atoms with van der Waals surface area (Å²) in [4.78, 5) is 4.44. The fraction of sp³-hybridized carbons (Fsp3) is 0.308. The largest absolute Gasteiger partial charge is 0.494 e. The summed E-state index contributed by atoms with van der Waals surface area (Å²) in [5, 5.41) is 3.00. The first-order valence-electron chi connectivity index (χ1n) is 5.71. The molecular formula is C13H16N2OS. The molecule has 0 fully saturated rings. The second-order valence-corrected chi connectivity index (χ2v) is 4.58. The van der Waals surface area contributed by atoms with E-state index in [1.54, 1.807) is 11.3 Å². The molecule has 90 valence electrons. The van der Waals surface area contributed by atoms with Gasteiger partial charge in [0, 0.05) is 17.5 Å². The van der Waals surface area contributed by atoms with Crippen LogP contribution in [0, 0.1) is 0 Å². The van der Waals surface area contributed by atoms with Gasteiger partial charge >= 0.3 is 0 Å². The molecule has 2 N–H and O–H groups in total. The minimum absolute atomic E-state index is 0.494. The molecule has 0 aliphatic heterocycles. The van der Waals surface area contributed by atoms with Crippen LogP contribution in [0.2, 0.25) is 0 Å². The summed E-state index contributed by atoms with van der Waals surface area (Å²) in [6.45, 7) is 3.35. The van der Waals surface area contributed by atoms with Gasteiger partial charge in [-0.25, -0.2) is 4.98 Å². The molecule has 0 aliphatic rings. The molecular weight excluding hydrogens is 232 g/mol. The number of hydrogen-bond donors (Lipinski definition) is 1. The Bertz CT molecular complexity index is 465. The number of benzene rings is 1. The van der Waals surface area contributed by atoms with Gasteiger partial charge in [-0.2, -0.15) is 0 Å². The van der Waals surface area contributed by atoms with Gasteiger partial charge in [0.2, 0.25) is 0 Å². The Morgan fingerprint density at radius 2 is 2.06 bits per heavy atom. The molecule has 0 saturated carbocycles. The smallest absolute Gasteiger partial charge is 0.123 e. The van der Waals surface area contributed by atoms with Gasteiger partial charge in [0.05, 0.1) is 12.3 Å². The van der Waals surface area contributed by atoms with Crippen molar-refractivity contribution in [2.75, 3.05) is 6.61 Å². The van der Waals surface area contributed by atoms with Crippen molar-refractivity contribution in [3.05, 3.63) is 35.3 Å². The van der Waals surface area contributed by atoms with Crippen LogP contribution in [0.1, 0.15) is 19.0 Å². The van der Waals surface area contributed by atoms with Gasteiger partial charge in [0.25, 0.3) is 0 Å². The lowest BCUT2D eigenvalue weighted by Crippen LogP contribution is -1.96. The second kappa shape index (κ2) is 5.80. The minimum Gasteiger partial charge on any atom is -0.494 e. The Morgan fingerprint density at radius 1 is 1.29 bits per heavy atom. The average Bonchev–Trinajstić information content (AvgIpc) is 2.86. The highest BCUT2D eigenvalue weighted by Gasteiger charge is 2.03. The predicted molar refractivity (Wildman–Crippen MR) is 71.2 cm³/mol. The fourth-order valence-corrected chi connectivity index (χ4v) is 2.29. The van der Waals surface area contributed by atoms with Crippen LogP contribution in [-0.2, 0) is 6.54 Å².